The van der Waals surface area contributed by atoms with Gasteiger partial charge in [0.25, 0.3) is 0 Å². The molecule has 0 saturated carbocycles. The number of hydrogen-bond donors (Lipinski definition) is 2. The largest absolute Gasteiger partial charge is 0.368 e. The molecule has 0 radical (unpaired) electrons. The summed E-state index contributed by atoms with van der Waals surface area (Å²) in [6.45, 7) is 6.49. The number of benzene rings is 2. The number of urea groups is 1. The molecule has 30 heavy (non-hydrogen) atoms. The number of nitrogens with zero attached hydrogens (tertiary/aromatic N) is 2. The minimum absolute atomic E-state index is 0.0837. The van der Waals surface area contributed by atoms with E-state index in [1.165, 1.54) is 6.07 Å². The lowest BCUT2D eigenvalue weighted by molar-refractivity contribution is -0.124. The van der Waals surface area contributed by atoms with E-state index < -0.39 is 6.04 Å². The van der Waals surface area contributed by atoms with Gasteiger partial charge in [0.1, 0.15) is 11.9 Å². The van der Waals surface area contributed by atoms with Crippen molar-refractivity contribution in [3.05, 3.63) is 66.0 Å². The van der Waals surface area contributed by atoms with Gasteiger partial charge in [-0.3, -0.25) is 4.79 Å². The fourth-order valence-corrected chi connectivity index (χ4v) is 3.50. The number of nitrogens with one attached hydrogen (secondary N) is 2. The van der Waals surface area contributed by atoms with E-state index in [2.05, 4.69) is 27.7 Å². The molecule has 1 saturated heterocycles. The maximum atomic E-state index is 13.8. The van der Waals surface area contributed by atoms with Crippen LogP contribution in [-0.2, 0) is 11.3 Å². The first-order valence-electron chi connectivity index (χ1n) is 10.3. The average molecular weight is 413 g/mol. The van der Waals surface area contributed by atoms with E-state index in [4.69, 9.17) is 0 Å². The second-order valence-corrected chi connectivity index (χ2v) is 7.79. The monoisotopic (exact) mass is 412 g/mol. The van der Waals surface area contributed by atoms with E-state index in [1.54, 1.807) is 23.1 Å². The molecule has 0 bridgehead atoms. The predicted octanol–water partition coefficient (Wildman–Crippen LogP) is 3.00. The van der Waals surface area contributed by atoms with E-state index in [9.17, 15) is 14.0 Å². The molecule has 2 aromatic rings. The normalized spacial score (nSPS) is 15.1. The van der Waals surface area contributed by atoms with Gasteiger partial charge in [0.15, 0.2) is 0 Å². The van der Waals surface area contributed by atoms with Gasteiger partial charge in [-0.15, -0.1) is 0 Å². The van der Waals surface area contributed by atoms with Gasteiger partial charge in [0.05, 0.1) is 0 Å². The van der Waals surface area contributed by atoms with Crippen LogP contribution in [0.15, 0.2) is 54.6 Å². The Morgan fingerprint density at radius 1 is 0.967 bits per heavy atom. The Morgan fingerprint density at radius 2 is 1.60 bits per heavy atom. The molecule has 3 amide bonds. The molecule has 3 rings (SSSR count). The molecular weight excluding hydrogens is 383 g/mol. The zero-order valence-electron chi connectivity index (χ0n) is 17.5. The Hall–Kier alpha value is -3.09. The summed E-state index contributed by atoms with van der Waals surface area (Å²) in [5.74, 6) is -0.774. The van der Waals surface area contributed by atoms with Crippen molar-refractivity contribution in [2.45, 2.75) is 26.4 Å². The summed E-state index contributed by atoms with van der Waals surface area (Å²) >= 11 is 0. The number of carbonyl (C=O) groups excluding carboxylic acids is 2. The number of para-hydroxylation sites is 1. The van der Waals surface area contributed by atoms with Crippen molar-refractivity contribution in [3.63, 3.8) is 0 Å². The van der Waals surface area contributed by atoms with E-state index in [0.29, 0.717) is 18.7 Å². The number of hydrogen-bond acceptors (Lipinski definition) is 3. The van der Waals surface area contributed by atoms with Crippen LogP contribution in [-0.4, -0.2) is 49.1 Å². The van der Waals surface area contributed by atoms with Gasteiger partial charge < -0.3 is 20.4 Å². The van der Waals surface area contributed by atoms with Gasteiger partial charge in [-0.2, -0.15) is 0 Å². The summed E-state index contributed by atoms with van der Waals surface area (Å²) < 4.78 is 13.8. The minimum atomic E-state index is -0.684. The quantitative estimate of drug-likeness (QED) is 0.767. The first-order chi connectivity index (χ1) is 14.5. The van der Waals surface area contributed by atoms with Gasteiger partial charge in [-0.25, -0.2) is 9.18 Å². The van der Waals surface area contributed by atoms with Crippen molar-refractivity contribution in [2.75, 3.05) is 31.1 Å². The average Bonchev–Trinajstić information content (AvgIpc) is 2.77. The van der Waals surface area contributed by atoms with Crippen molar-refractivity contribution in [3.8, 4) is 0 Å². The van der Waals surface area contributed by atoms with Crippen molar-refractivity contribution in [2.24, 2.45) is 5.92 Å². The molecule has 0 spiro atoms. The standard InChI is InChI=1S/C23H29FN4O2/c1-17(2)21(22(29)25-16-18-8-6-7-11-20(18)24)26-23(30)28-14-12-27(13-15-28)19-9-4-3-5-10-19/h3-11,17,21H,12-16H2,1-2H3,(H,25,29)(H,26,30). The van der Waals surface area contributed by atoms with Crippen LogP contribution in [0.3, 0.4) is 0 Å². The Bertz CT molecular complexity index is 851. The number of piperazine rings is 1. The third-order valence-electron chi connectivity index (χ3n) is 5.33. The molecule has 1 heterocycles. The fraction of sp³-hybridized carbons (Fsp3) is 0.391. The van der Waals surface area contributed by atoms with Crippen LogP contribution in [0.2, 0.25) is 0 Å². The Labute approximate surface area is 177 Å². The summed E-state index contributed by atoms with van der Waals surface area (Å²) in [4.78, 5) is 29.4. The second-order valence-electron chi connectivity index (χ2n) is 7.79. The number of halogens is 1. The zero-order chi connectivity index (χ0) is 21.5. The topological polar surface area (TPSA) is 64.7 Å². The smallest absolute Gasteiger partial charge is 0.318 e. The molecule has 0 aliphatic carbocycles. The molecule has 1 aliphatic heterocycles. The van der Waals surface area contributed by atoms with Crippen molar-refractivity contribution in [1.29, 1.82) is 0 Å². The summed E-state index contributed by atoms with van der Waals surface area (Å²) in [5.41, 5.74) is 1.56. The van der Waals surface area contributed by atoms with Crippen molar-refractivity contribution in [1.82, 2.24) is 15.5 Å². The van der Waals surface area contributed by atoms with Crippen LogP contribution in [0.25, 0.3) is 0 Å². The SMILES string of the molecule is CC(C)C(NC(=O)N1CCN(c2ccccc2)CC1)C(=O)NCc1ccccc1F. The van der Waals surface area contributed by atoms with Crippen molar-refractivity contribution >= 4 is 17.6 Å². The van der Waals surface area contributed by atoms with Crippen LogP contribution in [0.5, 0.6) is 0 Å². The predicted molar refractivity (Wildman–Crippen MR) is 116 cm³/mol. The highest BCUT2D eigenvalue weighted by atomic mass is 19.1. The fourth-order valence-electron chi connectivity index (χ4n) is 3.50. The van der Waals surface area contributed by atoms with E-state index in [-0.39, 0.29) is 30.2 Å². The summed E-state index contributed by atoms with van der Waals surface area (Å²) in [5, 5.41) is 5.59. The van der Waals surface area contributed by atoms with Gasteiger partial charge in [-0.1, -0.05) is 50.2 Å². The summed E-state index contributed by atoms with van der Waals surface area (Å²) in [6.07, 6.45) is 0. The van der Waals surface area contributed by atoms with Gasteiger partial charge >= 0.3 is 6.03 Å². The molecule has 160 valence electrons. The third kappa shape index (κ3) is 5.49. The summed E-state index contributed by atoms with van der Waals surface area (Å²) in [6, 6.07) is 15.5. The van der Waals surface area contributed by atoms with Crippen molar-refractivity contribution < 1.29 is 14.0 Å². The lowest BCUT2D eigenvalue weighted by Gasteiger charge is -2.37. The first kappa shape index (κ1) is 21.6. The molecule has 2 N–H and O–H groups in total. The lowest BCUT2D eigenvalue weighted by Crippen LogP contribution is -2.57. The molecule has 7 heteroatoms. The Balaban J connectivity index is 1.52. The van der Waals surface area contributed by atoms with Gasteiger partial charge in [0.2, 0.25) is 5.91 Å². The number of anilines is 1. The molecule has 0 aromatic heterocycles. The first-order valence-corrected chi connectivity index (χ1v) is 10.3. The molecule has 1 aliphatic rings. The number of amides is 3. The number of carbonyl (C=O) groups is 2. The van der Waals surface area contributed by atoms with Crippen LogP contribution >= 0.6 is 0 Å². The Kier molecular flexibility index (Phi) is 7.27. The van der Waals surface area contributed by atoms with Crippen LogP contribution < -0.4 is 15.5 Å². The van der Waals surface area contributed by atoms with E-state index in [0.717, 1.165) is 18.8 Å². The molecule has 1 fully saturated rings. The highest BCUT2D eigenvalue weighted by molar-refractivity contribution is 5.87. The Morgan fingerprint density at radius 3 is 2.23 bits per heavy atom. The highest BCUT2D eigenvalue weighted by Crippen LogP contribution is 2.16. The van der Waals surface area contributed by atoms with Crippen LogP contribution in [0, 0.1) is 11.7 Å². The van der Waals surface area contributed by atoms with Gasteiger partial charge in [-0.05, 0) is 24.1 Å². The number of rotatable bonds is 6. The molecular formula is C23H29FN4O2. The van der Waals surface area contributed by atoms with Gasteiger partial charge in [0, 0.05) is 44.0 Å². The molecule has 2 aromatic carbocycles. The highest BCUT2D eigenvalue weighted by Gasteiger charge is 2.28. The van der Waals surface area contributed by atoms with E-state index in [1.807, 2.05) is 32.0 Å². The summed E-state index contributed by atoms with van der Waals surface area (Å²) in [7, 11) is 0. The molecule has 6 nitrogen and oxygen atoms in total. The maximum Gasteiger partial charge on any atom is 0.318 e. The molecule has 1 atom stereocenters. The van der Waals surface area contributed by atoms with Crippen LogP contribution in [0.1, 0.15) is 19.4 Å². The second kappa shape index (κ2) is 10.1. The van der Waals surface area contributed by atoms with Crippen LogP contribution in [0.4, 0.5) is 14.9 Å². The third-order valence-corrected chi connectivity index (χ3v) is 5.33. The van der Waals surface area contributed by atoms with E-state index >= 15 is 0 Å². The lowest BCUT2D eigenvalue weighted by atomic mass is 10.0. The minimum Gasteiger partial charge on any atom is -0.368 e. The molecule has 1 unspecified atom stereocenters. The zero-order valence-corrected chi connectivity index (χ0v) is 17.5. The maximum absolute atomic E-state index is 13.8.